The highest BCUT2D eigenvalue weighted by Crippen LogP contribution is 2.25. The Bertz CT molecular complexity index is 1110. The van der Waals surface area contributed by atoms with Crippen LogP contribution >= 0.6 is 11.6 Å². The number of carbonyl (C=O) groups excluding carboxylic acids is 2. The fourth-order valence-corrected chi connectivity index (χ4v) is 3.45. The topological polar surface area (TPSA) is 101 Å². The van der Waals surface area contributed by atoms with Gasteiger partial charge in [0.05, 0.1) is 30.5 Å². The van der Waals surface area contributed by atoms with Gasteiger partial charge in [-0.15, -0.1) is 0 Å². The number of aromatic nitrogens is 2. The summed E-state index contributed by atoms with van der Waals surface area (Å²) < 4.78 is 4.73. The van der Waals surface area contributed by atoms with Crippen molar-refractivity contribution < 1.29 is 14.3 Å². The largest absolute Gasteiger partial charge is 0.469 e. The van der Waals surface area contributed by atoms with Gasteiger partial charge in [0.1, 0.15) is 5.82 Å². The molecule has 0 saturated heterocycles. The number of carbonyl (C=O) groups is 2. The van der Waals surface area contributed by atoms with E-state index in [0.717, 1.165) is 0 Å². The highest BCUT2D eigenvalue weighted by Gasteiger charge is 2.21. The van der Waals surface area contributed by atoms with Gasteiger partial charge in [-0.1, -0.05) is 41.9 Å². The predicted octanol–water partition coefficient (Wildman–Crippen LogP) is 3.32. The molecule has 0 aliphatic carbocycles. The first kappa shape index (κ1) is 21.5. The van der Waals surface area contributed by atoms with Gasteiger partial charge in [-0.25, -0.2) is 4.98 Å². The molecule has 0 aliphatic heterocycles. The van der Waals surface area contributed by atoms with E-state index in [1.807, 2.05) is 6.07 Å². The predicted molar refractivity (Wildman–Crippen MR) is 114 cm³/mol. The zero-order chi connectivity index (χ0) is 21.5. The number of nitrogens with zero attached hydrogens (tertiary/aromatic N) is 1. The maximum atomic E-state index is 12.5. The van der Waals surface area contributed by atoms with Crippen LogP contribution < -0.4 is 10.9 Å². The molecule has 0 spiro atoms. The first-order chi connectivity index (χ1) is 14.5. The molecule has 156 valence electrons. The maximum absolute atomic E-state index is 12.5. The number of rotatable bonds is 8. The molecule has 1 unspecified atom stereocenters. The summed E-state index contributed by atoms with van der Waals surface area (Å²) in [5, 5.41) is 3.84. The van der Waals surface area contributed by atoms with E-state index in [4.69, 9.17) is 16.3 Å². The number of H-pyrrole nitrogens is 1. The number of esters is 1. The lowest BCUT2D eigenvalue weighted by molar-refractivity contribution is -0.141. The molecule has 0 saturated carbocycles. The third-order valence-corrected chi connectivity index (χ3v) is 5.04. The van der Waals surface area contributed by atoms with Crippen LogP contribution in [-0.4, -0.2) is 29.0 Å². The maximum Gasteiger partial charge on any atom is 0.307 e. The van der Waals surface area contributed by atoms with Gasteiger partial charge in [0.25, 0.3) is 5.56 Å². The zero-order valence-electron chi connectivity index (χ0n) is 16.5. The average molecular weight is 428 g/mol. The quantitative estimate of drug-likeness (QED) is 0.537. The number of methoxy groups -OCH3 is 1. The molecule has 8 heteroatoms. The number of hydrogen-bond acceptors (Lipinski definition) is 5. The Kier molecular flexibility index (Phi) is 7.19. The molecule has 0 bridgehead atoms. The molecular formula is C22H22ClN3O4. The van der Waals surface area contributed by atoms with Crippen molar-refractivity contribution in [3.8, 4) is 0 Å². The molecule has 1 aromatic heterocycles. The molecule has 1 amide bonds. The van der Waals surface area contributed by atoms with Crippen LogP contribution in [0.25, 0.3) is 10.9 Å². The number of benzene rings is 2. The Morgan fingerprint density at radius 3 is 2.67 bits per heavy atom. The van der Waals surface area contributed by atoms with Gasteiger partial charge in [0.15, 0.2) is 0 Å². The van der Waals surface area contributed by atoms with Gasteiger partial charge >= 0.3 is 5.97 Å². The first-order valence-electron chi connectivity index (χ1n) is 9.56. The van der Waals surface area contributed by atoms with Gasteiger partial charge in [0.2, 0.25) is 5.91 Å². The number of aryl methyl sites for hydroxylation is 1. The van der Waals surface area contributed by atoms with E-state index >= 15 is 0 Å². The van der Waals surface area contributed by atoms with Crippen LogP contribution in [0.3, 0.4) is 0 Å². The van der Waals surface area contributed by atoms with Gasteiger partial charge < -0.3 is 15.0 Å². The number of amides is 1. The van der Waals surface area contributed by atoms with Crippen molar-refractivity contribution in [1.82, 2.24) is 15.3 Å². The van der Waals surface area contributed by atoms with Crippen LogP contribution in [0.4, 0.5) is 0 Å². The van der Waals surface area contributed by atoms with Crippen LogP contribution in [0.2, 0.25) is 5.02 Å². The van der Waals surface area contributed by atoms with Crippen LogP contribution in [0.1, 0.15) is 36.7 Å². The van der Waals surface area contributed by atoms with Crippen molar-refractivity contribution in [2.75, 3.05) is 7.11 Å². The monoisotopic (exact) mass is 427 g/mol. The molecule has 0 radical (unpaired) electrons. The fraction of sp³-hybridized carbons (Fsp3) is 0.273. The average Bonchev–Trinajstić information content (AvgIpc) is 2.73. The van der Waals surface area contributed by atoms with E-state index in [-0.39, 0.29) is 24.3 Å². The molecule has 2 N–H and O–H groups in total. The van der Waals surface area contributed by atoms with Crippen molar-refractivity contribution in [2.24, 2.45) is 0 Å². The van der Waals surface area contributed by atoms with E-state index in [0.29, 0.717) is 40.2 Å². The highest BCUT2D eigenvalue weighted by atomic mass is 35.5. The molecular weight excluding hydrogens is 406 g/mol. The van der Waals surface area contributed by atoms with E-state index in [1.54, 1.807) is 42.5 Å². The normalized spacial score (nSPS) is 11.8. The molecule has 30 heavy (non-hydrogen) atoms. The number of ether oxygens (including phenoxy) is 1. The first-order valence-corrected chi connectivity index (χ1v) is 9.94. The van der Waals surface area contributed by atoms with Crippen LogP contribution in [0.5, 0.6) is 0 Å². The third-order valence-electron chi connectivity index (χ3n) is 4.69. The Morgan fingerprint density at radius 2 is 1.90 bits per heavy atom. The molecule has 0 aliphatic rings. The lowest BCUT2D eigenvalue weighted by Crippen LogP contribution is -2.30. The summed E-state index contributed by atoms with van der Waals surface area (Å²) >= 11 is 6.23. The molecule has 3 rings (SSSR count). The standard InChI is InChI=1S/C22H22ClN3O4/c1-30-21(28)13-18(14-7-2-4-9-16(14)23)25-20(27)12-6-11-19-24-17-10-5-3-8-15(17)22(29)26-19/h2-5,7-10,18H,6,11-13H2,1H3,(H,25,27)(H,24,26,29). The molecule has 1 heterocycles. The summed E-state index contributed by atoms with van der Waals surface area (Å²) in [5.74, 6) is -0.145. The second-order valence-corrected chi connectivity index (χ2v) is 7.21. The number of halogens is 1. The van der Waals surface area contributed by atoms with E-state index < -0.39 is 12.0 Å². The summed E-state index contributed by atoms with van der Waals surface area (Å²) in [4.78, 5) is 43.6. The lowest BCUT2D eigenvalue weighted by atomic mass is 10.0. The van der Waals surface area contributed by atoms with Gasteiger partial charge in [0, 0.05) is 17.9 Å². The second-order valence-electron chi connectivity index (χ2n) is 6.81. The number of para-hydroxylation sites is 1. The Balaban J connectivity index is 1.62. The van der Waals surface area contributed by atoms with Crippen LogP contribution in [0.15, 0.2) is 53.3 Å². The second kappa shape index (κ2) is 10.0. The molecule has 7 nitrogen and oxygen atoms in total. The van der Waals surface area contributed by atoms with Crippen molar-refractivity contribution >= 4 is 34.4 Å². The van der Waals surface area contributed by atoms with Gasteiger partial charge in [-0.3, -0.25) is 14.4 Å². The summed E-state index contributed by atoms with van der Waals surface area (Å²) in [6, 6.07) is 13.6. The molecule has 1 atom stereocenters. The molecule has 2 aromatic carbocycles. The van der Waals surface area contributed by atoms with Gasteiger partial charge in [-0.05, 0) is 30.2 Å². The molecule has 0 fully saturated rings. The van der Waals surface area contributed by atoms with E-state index in [9.17, 15) is 14.4 Å². The Hall–Kier alpha value is -3.19. The van der Waals surface area contributed by atoms with Crippen molar-refractivity contribution in [3.63, 3.8) is 0 Å². The van der Waals surface area contributed by atoms with Crippen molar-refractivity contribution in [3.05, 3.63) is 75.3 Å². The SMILES string of the molecule is COC(=O)CC(NC(=O)CCCc1nc2ccccc2c(=O)[nH]1)c1ccccc1Cl. The minimum absolute atomic E-state index is 0.0223. The summed E-state index contributed by atoms with van der Waals surface area (Å²) in [7, 11) is 1.30. The summed E-state index contributed by atoms with van der Waals surface area (Å²) in [6.07, 6.45) is 1.12. The van der Waals surface area contributed by atoms with E-state index in [1.165, 1.54) is 7.11 Å². The number of hydrogen-bond donors (Lipinski definition) is 2. The Labute approximate surface area is 178 Å². The van der Waals surface area contributed by atoms with Crippen molar-refractivity contribution in [1.29, 1.82) is 0 Å². The fourth-order valence-electron chi connectivity index (χ4n) is 3.18. The van der Waals surface area contributed by atoms with Crippen LogP contribution in [0, 0.1) is 0 Å². The Morgan fingerprint density at radius 1 is 1.17 bits per heavy atom. The lowest BCUT2D eigenvalue weighted by Gasteiger charge is -2.19. The summed E-state index contributed by atoms with van der Waals surface area (Å²) in [5.41, 5.74) is 1.08. The summed E-state index contributed by atoms with van der Waals surface area (Å²) in [6.45, 7) is 0. The van der Waals surface area contributed by atoms with E-state index in [2.05, 4.69) is 15.3 Å². The molecule has 3 aromatic rings. The minimum Gasteiger partial charge on any atom is -0.469 e. The smallest absolute Gasteiger partial charge is 0.307 e. The van der Waals surface area contributed by atoms with Crippen molar-refractivity contribution in [2.45, 2.75) is 31.7 Å². The van der Waals surface area contributed by atoms with Crippen LogP contribution in [-0.2, 0) is 20.7 Å². The number of nitrogens with one attached hydrogen (secondary N) is 2. The van der Waals surface area contributed by atoms with Gasteiger partial charge in [-0.2, -0.15) is 0 Å². The zero-order valence-corrected chi connectivity index (χ0v) is 17.2. The third kappa shape index (κ3) is 5.45. The number of aromatic amines is 1. The number of fused-ring (bicyclic) bond motifs is 1. The highest BCUT2D eigenvalue weighted by molar-refractivity contribution is 6.31. The minimum atomic E-state index is -0.586.